The van der Waals surface area contributed by atoms with Crippen LogP contribution in [0.3, 0.4) is 0 Å². The minimum Gasteiger partial charge on any atom is -0.497 e. The molecule has 100 valence electrons. The summed E-state index contributed by atoms with van der Waals surface area (Å²) in [5.74, 6) is 0.481. The fraction of sp³-hybridized carbons (Fsp3) is 0.0769. The SMILES string of the molecule is COc1cccc(S(=O)(=O)c2cc(Br)ccc2N)c1. The Balaban J connectivity index is 2.61. The van der Waals surface area contributed by atoms with Gasteiger partial charge in [-0.1, -0.05) is 22.0 Å². The van der Waals surface area contributed by atoms with Crippen molar-refractivity contribution >= 4 is 31.5 Å². The lowest BCUT2D eigenvalue weighted by Crippen LogP contribution is -2.05. The molecule has 0 aliphatic carbocycles. The van der Waals surface area contributed by atoms with Gasteiger partial charge in [-0.3, -0.25) is 0 Å². The first-order chi connectivity index (χ1) is 8.95. The zero-order valence-electron chi connectivity index (χ0n) is 10.1. The topological polar surface area (TPSA) is 69.4 Å². The van der Waals surface area contributed by atoms with Gasteiger partial charge in [0, 0.05) is 4.47 Å². The molecule has 0 fully saturated rings. The number of nitrogen functional groups attached to an aromatic ring is 1. The van der Waals surface area contributed by atoms with Crippen molar-refractivity contribution in [3.8, 4) is 5.75 Å². The Morgan fingerprint density at radius 3 is 2.58 bits per heavy atom. The molecule has 2 N–H and O–H groups in total. The number of benzene rings is 2. The van der Waals surface area contributed by atoms with Gasteiger partial charge < -0.3 is 10.5 Å². The number of sulfone groups is 1. The van der Waals surface area contributed by atoms with Crippen LogP contribution in [0, 0.1) is 0 Å². The quantitative estimate of drug-likeness (QED) is 0.871. The second-order valence-electron chi connectivity index (χ2n) is 3.86. The number of anilines is 1. The van der Waals surface area contributed by atoms with Gasteiger partial charge in [-0.05, 0) is 36.4 Å². The highest BCUT2D eigenvalue weighted by molar-refractivity contribution is 9.10. The number of halogens is 1. The van der Waals surface area contributed by atoms with Crippen LogP contribution in [0.4, 0.5) is 5.69 Å². The third-order valence-corrected chi connectivity index (χ3v) is 4.92. The van der Waals surface area contributed by atoms with Crippen LogP contribution in [0.1, 0.15) is 0 Å². The summed E-state index contributed by atoms with van der Waals surface area (Å²) in [7, 11) is -2.17. The van der Waals surface area contributed by atoms with Crippen molar-refractivity contribution in [1.29, 1.82) is 0 Å². The Morgan fingerprint density at radius 1 is 1.16 bits per heavy atom. The normalized spacial score (nSPS) is 11.3. The molecular weight excluding hydrogens is 330 g/mol. The lowest BCUT2D eigenvalue weighted by molar-refractivity contribution is 0.413. The molecule has 2 aromatic rings. The van der Waals surface area contributed by atoms with E-state index in [9.17, 15) is 8.42 Å². The summed E-state index contributed by atoms with van der Waals surface area (Å²) in [4.78, 5) is 0.228. The molecule has 6 heteroatoms. The molecule has 0 aliphatic rings. The number of ether oxygens (including phenoxy) is 1. The van der Waals surface area contributed by atoms with Crippen LogP contribution < -0.4 is 10.5 Å². The summed E-state index contributed by atoms with van der Waals surface area (Å²) >= 11 is 3.24. The molecule has 0 aromatic heterocycles. The number of methoxy groups -OCH3 is 1. The van der Waals surface area contributed by atoms with Crippen molar-refractivity contribution < 1.29 is 13.2 Å². The molecule has 0 amide bonds. The average molecular weight is 342 g/mol. The second-order valence-corrected chi connectivity index (χ2v) is 6.70. The molecule has 0 saturated carbocycles. The maximum Gasteiger partial charge on any atom is 0.208 e. The molecule has 19 heavy (non-hydrogen) atoms. The number of hydrogen-bond acceptors (Lipinski definition) is 4. The molecule has 0 unspecified atom stereocenters. The van der Waals surface area contributed by atoms with Gasteiger partial charge >= 0.3 is 0 Å². The van der Waals surface area contributed by atoms with E-state index in [2.05, 4.69) is 15.9 Å². The summed E-state index contributed by atoms with van der Waals surface area (Å²) in [6, 6.07) is 11.0. The maximum atomic E-state index is 12.5. The van der Waals surface area contributed by atoms with Crippen LogP contribution in [-0.4, -0.2) is 15.5 Å². The first-order valence-corrected chi connectivity index (χ1v) is 7.67. The third kappa shape index (κ3) is 2.74. The van der Waals surface area contributed by atoms with E-state index in [1.807, 2.05) is 0 Å². The third-order valence-electron chi connectivity index (χ3n) is 2.62. The minimum absolute atomic E-state index is 0.0788. The van der Waals surface area contributed by atoms with Crippen molar-refractivity contribution in [2.75, 3.05) is 12.8 Å². The Labute approximate surface area is 120 Å². The van der Waals surface area contributed by atoms with Gasteiger partial charge in [0.2, 0.25) is 9.84 Å². The molecule has 0 aliphatic heterocycles. The molecule has 0 heterocycles. The Kier molecular flexibility index (Phi) is 3.82. The van der Waals surface area contributed by atoms with E-state index >= 15 is 0 Å². The van der Waals surface area contributed by atoms with Gasteiger partial charge in [0.25, 0.3) is 0 Å². The summed E-state index contributed by atoms with van der Waals surface area (Å²) in [6.07, 6.45) is 0. The van der Waals surface area contributed by atoms with Crippen LogP contribution >= 0.6 is 15.9 Å². The van der Waals surface area contributed by atoms with Gasteiger partial charge in [-0.2, -0.15) is 0 Å². The lowest BCUT2D eigenvalue weighted by Gasteiger charge is -2.09. The molecule has 0 atom stereocenters. The summed E-state index contributed by atoms with van der Waals surface area (Å²) < 4.78 is 30.7. The molecular formula is C13H12BrNO3S. The van der Waals surface area contributed by atoms with Crippen LogP contribution in [0.5, 0.6) is 5.75 Å². The highest BCUT2D eigenvalue weighted by atomic mass is 79.9. The van der Waals surface area contributed by atoms with E-state index in [1.165, 1.54) is 25.3 Å². The fourth-order valence-electron chi connectivity index (χ4n) is 1.64. The molecule has 2 aromatic carbocycles. The second kappa shape index (κ2) is 5.22. The predicted molar refractivity (Wildman–Crippen MR) is 77.0 cm³/mol. The van der Waals surface area contributed by atoms with Crippen molar-refractivity contribution in [3.05, 3.63) is 46.9 Å². The van der Waals surface area contributed by atoms with E-state index in [-0.39, 0.29) is 15.5 Å². The zero-order chi connectivity index (χ0) is 14.0. The molecule has 0 spiro atoms. The van der Waals surface area contributed by atoms with E-state index in [0.717, 1.165) is 0 Å². The van der Waals surface area contributed by atoms with Crippen LogP contribution in [-0.2, 0) is 9.84 Å². The Hall–Kier alpha value is -1.53. The molecule has 0 saturated heterocycles. The minimum atomic E-state index is -3.66. The highest BCUT2D eigenvalue weighted by Gasteiger charge is 2.21. The van der Waals surface area contributed by atoms with Gasteiger partial charge in [-0.25, -0.2) is 8.42 Å². The van der Waals surface area contributed by atoms with E-state index in [4.69, 9.17) is 10.5 Å². The Bertz CT molecular complexity index is 714. The molecule has 4 nitrogen and oxygen atoms in total. The summed E-state index contributed by atoms with van der Waals surface area (Å²) in [5.41, 5.74) is 5.97. The predicted octanol–water partition coefficient (Wildman–Crippen LogP) is 2.87. The van der Waals surface area contributed by atoms with Crippen molar-refractivity contribution in [2.45, 2.75) is 9.79 Å². The van der Waals surface area contributed by atoms with Crippen molar-refractivity contribution in [3.63, 3.8) is 0 Å². The first kappa shape index (κ1) is 13.9. The van der Waals surface area contributed by atoms with Gasteiger partial charge in [0.15, 0.2) is 0 Å². The van der Waals surface area contributed by atoms with Crippen LogP contribution in [0.2, 0.25) is 0 Å². The zero-order valence-corrected chi connectivity index (χ0v) is 12.5. The lowest BCUT2D eigenvalue weighted by atomic mass is 10.3. The standard InChI is InChI=1S/C13H12BrNO3S/c1-18-10-3-2-4-11(8-10)19(16,17)13-7-9(14)5-6-12(13)15/h2-8H,15H2,1H3. The highest BCUT2D eigenvalue weighted by Crippen LogP contribution is 2.30. The Morgan fingerprint density at radius 2 is 1.89 bits per heavy atom. The van der Waals surface area contributed by atoms with Gasteiger partial charge in [0.1, 0.15) is 5.75 Å². The number of hydrogen-bond donors (Lipinski definition) is 1. The molecule has 0 radical (unpaired) electrons. The summed E-state index contributed by atoms with van der Waals surface area (Å²) in [6.45, 7) is 0. The van der Waals surface area contributed by atoms with Crippen molar-refractivity contribution in [1.82, 2.24) is 0 Å². The largest absolute Gasteiger partial charge is 0.497 e. The van der Waals surface area contributed by atoms with Gasteiger partial charge in [0.05, 0.1) is 22.6 Å². The van der Waals surface area contributed by atoms with Crippen LogP contribution in [0.15, 0.2) is 56.7 Å². The maximum absolute atomic E-state index is 12.5. The van der Waals surface area contributed by atoms with Crippen LogP contribution in [0.25, 0.3) is 0 Å². The number of nitrogens with two attached hydrogens (primary N) is 1. The molecule has 0 bridgehead atoms. The smallest absolute Gasteiger partial charge is 0.208 e. The first-order valence-electron chi connectivity index (χ1n) is 5.39. The number of rotatable bonds is 3. The van der Waals surface area contributed by atoms with E-state index < -0.39 is 9.84 Å². The van der Waals surface area contributed by atoms with Gasteiger partial charge in [-0.15, -0.1) is 0 Å². The van der Waals surface area contributed by atoms with Crippen molar-refractivity contribution in [2.24, 2.45) is 0 Å². The fourth-order valence-corrected chi connectivity index (χ4v) is 3.59. The molecule has 2 rings (SSSR count). The van der Waals surface area contributed by atoms with E-state index in [0.29, 0.717) is 10.2 Å². The average Bonchev–Trinajstić information content (AvgIpc) is 2.41. The monoisotopic (exact) mass is 341 g/mol. The summed E-state index contributed by atoms with van der Waals surface area (Å²) in [5, 5.41) is 0. The van der Waals surface area contributed by atoms with E-state index in [1.54, 1.807) is 24.3 Å².